The Labute approximate surface area is 271 Å². The van der Waals surface area contributed by atoms with E-state index in [1.54, 1.807) is 0 Å². The van der Waals surface area contributed by atoms with Crippen LogP contribution in [0.15, 0.2) is 144 Å². The second-order valence-corrected chi connectivity index (χ2v) is 13.0. The second kappa shape index (κ2) is 9.51. The van der Waals surface area contributed by atoms with Crippen LogP contribution in [0.25, 0.3) is 83.3 Å². The molecule has 0 aliphatic heterocycles. The van der Waals surface area contributed by atoms with Gasteiger partial charge in [-0.05, 0) is 29.8 Å². The Kier molecular flexibility index (Phi) is 5.31. The van der Waals surface area contributed by atoms with Gasteiger partial charge in [0.2, 0.25) is 0 Å². The van der Waals surface area contributed by atoms with Crippen molar-refractivity contribution in [3.05, 3.63) is 151 Å². The number of nitrogens with zero attached hydrogens (tertiary/aromatic N) is 3. The van der Waals surface area contributed by atoms with Gasteiger partial charge in [-0.25, -0.2) is 9.97 Å². The molecule has 1 aliphatic rings. The first-order chi connectivity index (χ1) is 23.1. The van der Waals surface area contributed by atoms with Crippen LogP contribution in [-0.4, -0.2) is 14.5 Å². The minimum absolute atomic E-state index is 0.164. The summed E-state index contributed by atoms with van der Waals surface area (Å²) in [7, 11) is 0. The quantitative estimate of drug-likeness (QED) is 0.202. The third-order valence-electron chi connectivity index (χ3n) is 9.98. The summed E-state index contributed by atoms with van der Waals surface area (Å²) in [5.74, 6) is 1.70. The van der Waals surface area contributed by atoms with Crippen molar-refractivity contribution in [1.29, 1.82) is 0 Å². The minimum atomic E-state index is -0.164. The fraction of sp³-hybridized carbons (Fsp3) is 0.0698. The van der Waals surface area contributed by atoms with Gasteiger partial charge in [0.15, 0.2) is 11.4 Å². The van der Waals surface area contributed by atoms with Gasteiger partial charge in [0, 0.05) is 54.9 Å². The SMILES string of the molecule is CC1(C)c2ccccc2-c2oc3c(ccc4c5ccccc5n(-c5ccc6nc(-c7ccccc7)nc(-c7ccccc7)c6c5)c43)c21. The highest BCUT2D eigenvalue weighted by atomic mass is 16.3. The van der Waals surface area contributed by atoms with Gasteiger partial charge < -0.3 is 8.98 Å². The van der Waals surface area contributed by atoms with E-state index in [1.807, 2.05) is 24.3 Å². The van der Waals surface area contributed by atoms with E-state index < -0.39 is 0 Å². The number of furan rings is 1. The second-order valence-electron chi connectivity index (χ2n) is 13.0. The van der Waals surface area contributed by atoms with Crippen LogP contribution < -0.4 is 0 Å². The van der Waals surface area contributed by atoms with Crippen molar-refractivity contribution in [2.45, 2.75) is 19.3 Å². The van der Waals surface area contributed by atoms with Crippen LogP contribution in [-0.2, 0) is 5.41 Å². The van der Waals surface area contributed by atoms with E-state index >= 15 is 0 Å². The van der Waals surface area contributed by atoms with Crippen molar-refractivity contribution in [3.63, 3.8) is 0 Å². The maximum atomic E-state index is 6.98. The van der Waals surface area contributed by atoms with E-state index in [9.17, 15) is 0 Å². The molecule has 1 aliphatic carbocycles. The van der Waals surface area contributed by atoms with Crippen molar-refractivity contribution >= 4 is 43.7 Å². The van der Waals surface area contributed by atoms with E-state index in [0.29, 0.717) is 0 Å². The summed E-state index contributed by atoms with van der Waals surface area (Å²) < 4.78 is 9.34. The van der Waals surface area contributed by atoms with Gasteiger partial charge in [0.05, 0.1) is 22.2 Å². The van der Waals surface area contributed by atoms with E-state index in [-0.39, 0.29) is 5.41 Å². The Bertz CT molecular complexity index is 2700. The van der Waals surface area contributed by atoms with Gasteiger partial charge in [-0.3, -0.25) is 0 Å². The molecule has 0 fully saturated rings. The van der Waals surface area contributed by atoms with Crippen molar-refractivity contribution in [2.24, 2.45) is 0 Å². The maximum absolute atomic E-state index is 6.98. The third kappa shape index (κ3) is 3.64. The lowest BCUT2D eigenvalue weighted by atomic mass is 9.81. The third-order valence-corrected chi connectivity index (χ3v) is 9.98. The van der Waals surface area contributed by atoms with E-state index in [2.05, 4.69) is 134 Å². The molecule has 3 aromatic heterocycles. The lowest BCUT2D eigenvalue weighted by molar-refractivity contribution is 0.621. The van der Waals surface area contributed by atoms with Crippen LogP contribution >= 0.6 is 0 Å². The molecule has 9 aromatic rings. The molecule has 3 heterocycles. The number of rotatable bonds is 3. The zero-order valence-corrected chi connectivity index (χ0v) is 26.0. The molecule has 0 amide bonds. The zero-order valence-electron chi connectivity index (χ0n) is 26.0. The Morgan fingerprint density at radius 2 is 1.30 bits per heavy atom. The van der Waals surface area contributed by atoms with Crippen LogP contribution in [0.5, 0.6) is 0 Å². The van der Waals surface area contributed by atoms with Crippen LogP contribution in [0.2, 0.25) is 0 Å². The first-order valence-electron chi connectivity index (χ1n) is 16.1. The monoisotopic (exact) mass is 603 g/mol. The van der Waals surface area contributed by atoms with Crippen LogP contribution in [0, 0.1) is 0 Å². The number of para-hydroxylation sites is 1. The van der Waals surface area contributed by atoms with Gasteiger partial charge in [-0.1, -0.05) is 129 Å². The molecule has 0 saturated heterocycles. The molecule has 47 heavy (non-hydrogen) atoms. The lowest BCUT2D eigenvalue weighted by Gasteiger charge is -2.20. The fourth-order valence-electron chi connectivity index (χ4n) is 7.83. The molecule has 10 rings (SSSR count). The fourth-order valence-corrected chi connectivity index (χ4v) is 7.83. The van der Waals surface area contributed by atoms with Gasteiger partial charge >= 0.3 is 0 Å². The van der Waals surface area contributed by atoms with Gasteiger partial charge in [0.25, 0.3) is 0 Å². The minimum Gasteiger partial charge on any atom is -0.453 e. The zero-order chi connectivity index (χ0) is 31.3. The average molecular weight is 604 g/mol. The summed E-state index contributed by atoms with van der Waals surface area (Å²) in [5.41, 5.74) is 11.6. The van der Waals surface area contributed by atoms with Crippen LogP contribution in [0.3, 0.4) is 0 Å². The highest BCUT2D eigenvalue weighted by Crippen LogP contribution is 2.54. The highest BCUT2D eigenvalue weighted by molar-refractivity contribution is 6.18. The largest absolute Gasteiger partial charge is 0.453 e. The summed E-state index contributed by atoms with van der Waals surface area (Å²) in [6.45, 7) is 4.62. The van der Waals surface area contributed by atoms with Gasteiger partial charge in [-0.15, -0.1) is 0 Å². The summed E-state index contributed by atoms with van der Waals surface area (Å²) in [4.78, 5) is 10.2. The molecule has 0 atom stereocenters. The maximum Gasteiger partial charge on any atom is 0.160 e. The lowest BCUT2D eigenvalue weighted by Crippen LogP contribution is -2.14. The van der Waals surface area contributed by atoms with Gasteiger partial charge in [-0.2, -0.15) is 0 Å². The number of benzene rings is 6. The normalized spacial score (nSPS) is 13.5. The first kappa shape index (κ1) is 26.2. The molecule has 6 aromatic carbocycles. The molecule has 0 saturated carbocycles. The molecule has 0 N–H and O–H groups in total. The van der Waals surface area contributed by atoms with Crippen LogP contribution in [0.4, 0.5) is 0 Å². The van der Waals surface area contributed by atoms with Crippen LogP contribution in [0.1, 0.15) is 25.0 Å². The molecule has 0 unspecified atom stereocenters. The van der Waals surface area contributed by atoms with Crippen molar-refractivity contribution in [2.75, 3.05) is 0 Å². The van der Waals surface area contributed by atoms with E-state index in [0.717, 1.165) is 61.6 Å². The van der Waals surface area contributed by atoms with Crippen molar-refractivity contribution in [1.82, 2.24) is 14.5 Å². The highest BCUT2D eigenvalue weighted by Gasteiger charge is 2.40. The molecule has 0 spiro atoms. The number of hydrogen-bond donors (Lipinski definition) is 0. The Hall–Kier alpha value is -6.00. The first-order valence-corrected chi connectivity index (χ1v) is 16.1. The number of aromatic nitrogens is 3. The summed E-state index contributed by atoms with van der Waals surface area (Å²) in [6, 6.07) is 49.0. The molecule has 4 heteroatoms. The van der Waals surface area contributed by atoms with E-state index in [1.165, 1.54) is 32.8 Å². The molecule has 0 bridgehead atoms. The van der Waals surface area contributed by atoms with E-state index in [4.69, 9.17) is 14.4 Å². The Balaban J connectivity index is 1.29. The summed E-state index contributed by atoms with van der Waals surface area (Å²) >= 11 is 0. The topological polar surface area (TPSA) is 43.9 Å². The molecule has 4 nitrogen and oxygen atoms in total. The summed E-state index contributed by atoms with van der Waals surface area (Å²) in [6.07, 6.45) is 0. The van der Waals surface area contributed by atoms with Crippen molar-refractivity contribution in [3.8, 4) is 39.7 Å². The Morgan fingerprint density at radius 1 is 0.596 bits per heavy atom. The molecule has 0 radical (unpaired) electrons. The predicted molar refractivity (Wildman–Crippen MR) is 192 cm³/mol. The van der Waals surface area contributed by atoms with Crippen molar-refractivity contribution < 1.29 is 4.42 Å². The molecular weight excluding hydrogens is 574 g/mol. The number of fused-ring (bicyclic) bond motifs is 10. The molecular formula is C43H29N3O. The average Bonchev–Trinajstić information content (AvgIpc) is 3.75. The predicted octanol–water partition coefficient (Wildman–Crippen LogP) is 11.1. The summed E-state index contributed by atoms with van der Waals surface area (Å²) in [5, 5.41) is 4.54. The number of hydrogen-bond acceptors (Lipinski definition) is 3. The smallest absolute Gasteiger partial charge is 0.160 e. The molecule has 222 valence electrons. The Morgan fingerprint density at radius 3 is 2.13 bits per heavy atom. The standard InChI is InChI=1S/C43H29N3O/c1-43(2)34-19-11-9-18-31(34)40-37(43)32-23-22-30-29-17-10-12-20-36(29)46(39(30)41(32)47-40)28-21-24-35-33(25-28)38(26-13-5-3-6-14-26)45-42(44-35)27-15-7-4-8-16-27/h3-25H,1-2H3. The van der Waals surface area contributed by atoms with Gasteiger partial charge in [0.1, 0.15) is 5.76 Å².